The van der Waals surface area contributed by atoms with Crippen molar-refractivity contribution in [3.8, 4) is 0 Å². The molecule has 2 aromatic carbocycles. The van der Waals surface area contributed by atoms with Gasteiger partial charge in [0.25, 0.3) is 11.8 Å². The summed E-state index contributed by atoms with van der Waals surface area (Å²) >= 11 is 3.11. The molecule has 53 heavy (non-hydrogen) atoms. The van der Waals surface area contributed by atoms with Gasteiger partial charge in [-0.1, -0.05) is 30.3 Å². The van der Waals surface area contributed by atoms with Crippen LogP contribution in [0.5, 0.6) is 0 Å². The van der Waals surface area contributed by atoms with Crippen LogP contribution < -0.4 is 10.6 Å². The van der Waals surface area contributed by atoms with Gasteiger partial charge < -0.3 is 29.6 Å². The standard InChI is InChI=1S/C37H43N5O9S2/c1-25-39-36-30(52-25)8-7-27-37(36)53-33(41-27)24-29(43)28(23-26-5-3-2-4-6-26)40-32(45)12-15-48-17-19-50-21-22-51-20-18-49-16-13-38-31(44)11-14-42-34(46)9-10-35(42)47/h2-10,28H,11-24H2,1H3,(H,38,44)(H,40,45). The van der Waals surface area contributed by atoms with Gasteiger partial charge in [-0.05, 0) is 31.0 Å². The molecule has 1 aliphatic rings. The van der Waals surface area contributed by atoms with Gasteiger partial charge in [-0.15, -0.1) is 22.7 Å². The molecular weight excluding hydrogens is 723 g/mol. The molecule has 1 aliphatic heterocycles. The van der Waals surface area contributed by atoms with Crippen molar-refractivity contribution in [2.75, 3.05) is 65.9 Å². The number of carbonyl (C=O) groups excluding carboxylic acids is 5. The van der Waals surface area contributed by atoms with E-state index < -0.39 is 17.9 Å². The summed E-state index contributed by atoms with van der Waals surface area (Å²) in [4.78, 5) is 71.6. The Morgan fingerprint density at radius 1 is 0.774 bits per heavy atom. The zero-order chi connectivity index (χ0) is 37.4. The molecule has 5 rings (SSSR count). The number of nitrogens with one attached hydrogen (secondary N) is 2. The van der Waals surface area contributed by atoms with E-state index in [1.807, 2.05) is 49.4 Å². The average Bonchev–Trinajstić information content (AvgIpc) is 3.83. The maximum Gasteiger partial charge on any atom is 0.253 e. The number of hydrogen-bond acceptors (Lipinski definition) is 13. The van der Waals surface area contributed by atoms with Crippen molar-refractivity contribution in [1.29, 1.82) is 0 Å². The van der Waals surface area contributed by atoms with Crippen LogP contribution in [0, 0.1) is 6.92 Å². The fraction of sp³-hybridized carbons (Fsp3) is 0.432. The molecule has 2 aromatic heterocycles. The van der Waals surface area contributed by atoms with Crippen LogP contribution in [0.25, 0.3) is 20.4 Å². The third kappa shape index (κ3) is 12.6. The maximum atomic E-state index is 13.5. The summed E-state index contributed by atoms with van der Waals surface area (Å²) in [6, 6.07) is 12.9. The van der Waals surface area contributed by atoms with Gasteiger partial charge in [0.05, 0.1) is 85.2 Å². The van der Waals surface area contributed by atoms with Crippen molar-refractivity contribution in [2.45, 2.75) is 38.6 Å². The smallest absolute Gasteiger partial charge is 0.253 e. The van der Waals surface area contributed by atoms with Gasteiger partial charge in [0.15, 0.2) is 5.78 Å². The first-order chi connectivity index (χ1) is 25.8. The van der Waals surface area contributed by atoms with E-state index in [-0.39, 0.29) is 50.0 Å². The van der Waals surface area contributed by atoms with Gasteiger partial charge >= 0.3 is 0 Å². The third-order valence-corrected chi connectivity index (χ3v) is 10.0. The average molecular weight is 766 g/mol. The van der Waals surface area contributed by atoms with E-state index in [1.165, 1.54) is 23.5 Å². The van der Waals surface area contributed by atoms with Crippen molar-refractivity contribution in [2.24, 2.45) is 0 Å². The number of aryl methyl sites for hydroxylation is 1. The normalized spacial score (nSPS) is 13.3. The number of amides is 4. The molecule has 4 amide bonds. The summed E-state index contributed by atoms with van der Waals surface area (Å²) in [5, 5.41) is 7.27. The first kappa shape index (κ1) is 39.8. The van der Waals surface area contributed by atoms with Crippen LogP contribution in [0.4, 0.5) is 0 Å². The minimum absolute atomic E-state index is 0.0329. The van der Waals surface area contributed by atoms with Crippen molar-refractivity contribution in [1.82, 2.24) is 25.5 Å². The molecule has 4 aromatic rings. The molecule has 0 saturated heterocycles. The summed E-state index contributed by atoms with van der Waals surface area (Å²) in [5.74, 6) is -1.47. The second kappa shape index (κ2) is 20.7. The lowest BCUT2D eigenvalue weighted by Gasteiger charge is -2.18. The summed E-state index contributed by atoms with van der Waals surface area (Å²) in [6.45, 7) is 4.89. The summed E-state index contributed by atoms with van der Waals surface area (Å²) in [6.07, 6.45) is 2.99. The van der Waals surface area contributed by atoms with Gasteiger partial charge in [-0.3, -0.25) is 28.9 Å². The molecule has 0 spiro atoms. The molecule has 282 valence electrons. The second-order valence-corrected chi connectivity index (χ2v) is 14.3. The molecule has 14 nitrogen and oxygen atoms in total. The maximum absolute atomic E-state index is 13.5. The van der Waals surface area contributed by atoms with E-state index >= 15 is 0 Å². The van der Waals surface area contributed by atoms with Crippen LogP contribution >= 0.6 is 22.7 Å². The number of fused-ring (bicyclic) bond motifs is 3. The number of carbonyl (C=O) groups is 5. The lowest BCUT2D eigenvalue weighted by atomic mass is 10.0. The lowest BCUT2D eigenvalue weighted by Crippen LogP contribution is -2.43. The summed E-state index contributed by atoms with van der Waals surface area (Å²) < 4.78 is 24.0. The number of ketones is 1. The molecule has 0 radical (unpaired) electrons. The zero-order valence-electron chi connectivity index (χ0n) is 29.5. The van der Waals surface area contributed by atoms with Crippen LogP contribution in [-0.2, 0) is 55.8 Å². The predicted molar refractivity (Wildman–Crippen MR) is 200 cm³/mol. The van der Waals surface area contributed by atoms with Crippen molar-refractivity contribution >= 4 is 72.5 Å². The number of rotatable bonds is 24. The minimum Gasteiger partial charge on any atom is -0.379 e. The SMILES string of the molecule is Cc1nc2c(ccc3nc(CC(=O)C(Cc4ccccc4)NC(=O)CCOCCOCCOCCOCCNC(=O)CCN4C(=O)C=CC4=O)sc32)s1. The van der Waals surface area contributed by atoms with Crippen LogP contribution in [0.1, 0.15) is 28.4 Å². The van der Waals surface area contributed by atoms with Crippen LogP contribution in [0.2, 0.25) is 0 Å². The quantitative estimate of drug-likeness (QED) is 0.0793. The van der Waals surface area contributed by atoms with E-state index in [1.54, 1.807) is 11.3 Å². The molecule has 0 aliphatic carbocycles. The predicted octanol–water partition coefficient (Wildman–Crippen LogP) is 2.94. The molecule has 2 N–H and O–H groups in total. The lowest BCUT2D eigenvalue weighted by molar-refractivity contribution is -0.137. The van der Waals surface area contributed by atoms with E-state index in [4.69, 9.17) is 23.9 Å². The number of hydrogen-bond donors (Lipinski definition) is 2. The van der Waals surface area contributed by atoms with Crippen LogP contribution in [0.15, 0.2) is 54.6 Å². The summed E-state index contributed by atoms with van der Waals surface area (Å²) in [7, 11) is 0. The summed E-state index contributed by atoms with van der Waals surface area (Å²) in [5.41, 5.74) is 2.68. The number of imide groups is 1. The number of nitrogens with zero attached hydrogens (tertiary/aromatic N) is 3. The molecule has 3 heterocycles. The Kier molecular flexibility index (Phi) is 15.5. The number of aromatic nitrogens is 2. The molecule has 16 heteroatoms. The number of ether oxygens (including phenoxy) is 4. The fourth-order valence-electron chi connectivity index (χ4n) is 5.39. The monoisotopic (exact) mass is 765 g/mol. The van der Waals surface area contributed by atoms with E-state index in [0.717, 1.165) is 35.9 Å². The van der Waals surface area contributed by atoms with Crippen molar-refractivity contribution < 1.29 is 42.9 Å². The molecule has 0 saturated carbocycles. The molecule has 0 fully saturated rings. The second-order valence-electron chi connectivity index (χ2n) is 12.0. The first-order valence-electron chi connectivity index (χ1n) is 17.4. The van der Waals surface area contributed by atoms with Crippen LogP contribution in [-0.4, -0.2) is 116 Å². The number of Topliss-reactive ketones (excluding diaryl/α,β-unsaturated/α-hetero) is 1. The Morgan fingerprint density at radius 3 is 2.13 bits per heavy atom. The molecule has 0 bridgehead atoms. The van der Waals surface area contributed by atoms with E-state index in [0.29, 0.717) is 64.2 Å². The molecular formula is C37H43N5O9S2. The molecule has 1 unspecified atom stereocenters. The Labute approximate surface area is 314 Å². The fourth-order valence-corrected chi connectivity index (χ4v) is 7.35. The van der Waals surface area contributed by atoms with Gasteiger partial charge in [-0.25, -0.2) is 9.97 Å². The third-order valence-electron chi connectivity index (χ3n) is 8.02. The highest BCUT2D eigenvalue weighted by molar-refractivity contribution is 7.22. The van der Waals surface area contributed by atoms with Gasteiger partial charge in [-0.2, -0.15) is 0 Å². The molecule has 1 atom stereocenters. The van der Waals surface area contributed by atoms with E-state index in [9.17, 15) is 24.0 Å². The zero-order valence-corrected chi connectivity index (χ0v) is 31.1. The Morgan fingerprint density at radius 2 is 1.43 bits per heavy atom. The Bertz CT molecular complexity index is 1880. The topological polar surface area (TPSA) is 175 Å². The van der Waals surface area contributed by atoms with Crippen molar-refractivity contribution in [3.63, 3.8) is 0 Å². The van der Waals surface area contributed by atoms with Crippen LogP contribution in [0.3, 0.4) is 0 Å². The Hall–Kier alpha value is -4.45. The van der Waals surface area contributed by atoms with Gasteiger partial charge in [0.2, 0.25) is 11.8 Å². The highest BCUT2D eigenvalue weighted by atomic mass is 32.1. The largest absolute Gasteiger partial charge is 0.379 e. The van der Waals surface area contributed by atoms with Gasteiger partial charge in [0, 0.05) is 38.1 Å². The number of thiazole rings is 2. The number of benzene rings is 2. The highest BCUT2D eigenvalue weighted by Gasteiger charge is 2.24. The highest BCUT2D eigenvalue weighted by Crippen LogP contribution is 2.33. The first-order valence-corrected chi connectivity index (χ1v) is 19.0. The minimum atomic E-state index is -0.705. The van der Waals surface area contributed by atoms with E-state index in [2.05, 4.69) is 15.6 Å². The van der Waals surface area contributed by atoms with Gasteiger partial charge in [0.1, 0.15) is 10.5 Å². The Balaban J connectivity index is 0.899. The van der Waals surface area contributed by atoms with Crippen molar-refractivity contribution in [3.05, 3.63) is 70.2 Å².